The molecular formula is C5H6ClN3O3S. The maximum Gasteiger partial charge on any atom is 0.223 e. The highest BCUT2D eigenvalue weighted by atomic mass is 35.5. The number of methoxy groups -OCH3 is 1. The monoisotopic (exact) mass is 223 g/mol. The van der Waals surface area contributed by atoms with Crippen molar-refractivity contribution < 1.29 is 13.2 Å². The summed E-state index contributed by atoms with van der Waals surface area (Å²) in [4.78, 5) is 7.25. The van der Waals surface area contributed by atoms with Gasteiger partial charge in [0.05, 0.1) is 7.11 Å². The molecule has 0 saturated heterocycles. The highest BCUT2D eigenvalue weighted by Crippen LogP contribution is 2.27. The number of nitrogens with one attached hydrogen (secondary N) is 1. The molecule has 0 saturated carbocycles. The Kier molecular flexibility index (Phi) is 3.26. The molecule has 0 fully saturated rings. The molecule has 0 unspecified atom stereocenters. The molecular weight excluding hydrogens is 218 g/mol. The van der Waals surface area contributed by atoms with E-state index in [9.17, 15) is 8.42 Å². The molecule has 1 rings (SSSR count). The van der Waals surface area contributed by atoms with E-state index >= 15 is 0 Å². The Hall–Kier alpha value is -1.08. The lowest BCUT2D eigenvalue weighted by molar-refractivity contribution is 0.413. The second-order valence-corrected chi connectivity index (χ2v) is 3.01. The molecule has 0 bridgehead atoms. The molecule has 0 aliphatic carbocycles. The van der Waals surface area contributed by atoms with Crippen molar-refractivity contribution in [3.63, 3.8) is 0 Å². The van der Waals surface area contributed by atoms with Gasteiger partial charge in [0.25, 0.3) is 0 Å². The Morgan fingerprint density at radius 3 is 2.77 bits per heavy atom. The average Bonchev–Trinajstić information content (AvgIpc) is 2.03. The van der Waals surface area contributed by atoms with Crippen LogP contribution in [0.3, 0.4) is 0 Å². The third kappa shape index (κ3) is 2.43. The summed E-state index contributed by atoms with van der Waals surface area (Å²) in [6.07, 6.45) is 1.13. The molecule has 0 aliphatic rings. The molecule has 0 aromatic carbocycles. The third-order valence-corrected chi connectivity index (χ3v) is 1.83. The first kappa shape index (κ1) is 10.0. The van der Waals surface area contributed by atoms with Gasteiger partial charge < -0.3 is 4.74 Å². The van der Waals surface area contributed by atoms with Crippen LogP contribution in [0.5, 0.6) is 5.75 Å². The normalized spacial score (nSPS) is 10.1. The SMILES string of the molecule is COc1c(Cl)ncnc1N[SH](=O)=O. The van der Waals surface area contributed by atoms with Crippen molar-refractivity contribution in [1.82, 2.24) is 9.97 Å². The number of nitrogens with zero attached hydrogens (tertiary/aromatic N) is 2. The molecule has 1 aromatic heterocycles. The summed E-state index contributed by atoms with van der Waals surface area (Å²) in [5.41, 5.74) is 0. The van der Waals surface area contributed by atoms with E-state index in [-0.39, 0.29) is 16.7 Å². The number of thiol groups is 1. The Balaban J connectivity index is 3.12. The lowest BCUT2D eigenvalue weighted by Crippen LogP contribution is -2.01. The van der Waals surface area contributed by atoms with Gasteiger partial charge >= 0.3 is 0 Å². The summed E-state index contributed by atoms with van der Waals surface area (Å²) in [5, 5.41) is 0.0526. The first-order valence-electron chi connectivity index (χ1n) is 3.10. The van der Waals surface area contributed by atoms with Crippen LogP contribution in [0, 0.1) is 0 Å². The van der Waals surface area contributed by atoms with Gasteiger partial charge in [0, 0.05) is 0 Å². The smallest absolute Gasteiger partial charge is 0.223 e. The van der Waals surface area contributed by atoms with E-state index in [1.807, 2.05) is 0 Å². The molecule has 13 heavy (non-hydrogen) atoms. The van der Waals surface area contributed by atoms with Gasteiger partial charge in [-0.25, -0.2) is 18.4 Å². The second kappa shape index (κ2) is 4.24. The largest absolute Gasteiger partial charge is 0.490 e. The zero-order valence-corrected chi connectivity index (χ0v) is 8.17. The van der Waals surface area contributed by atoms with E-state index < -0.39 is 10.9 Å². The van der Waals surface area contributed by atoms with Gasteiger partial charge in [0.1, 0.15) is 6.33 Å². The molecule has 1 aromatic rings. The summed E-state index contributed by atoms with van der Waals surface area (Å²) in [7, 11) is -1.45. The number of halogens is 1. The predicted molar refractivity (Wildman–Crippen MR) is 47.5 cm³/mol. The van der Waals surface area contributed by atoms with Gasteiger partial charge in [0.15, 0.2) is 16.7 Å². The number of aromatic nitrogens is 2. The Bertz CT molecular complexity index is 373. The van der Waals surface area contributed by atoms with Crippen molar-refractivity contribution in [1.29, 1.82) is 0 Å². The van der Waals surface area contributed by atoms with Gasteiger partial charge in [-0.3, -0.25) is 4.72 Å². The Morgan fingerprint density at radius 1 is 1.54 bits per heavy atom. The minimum absolute atomic E-state index is 0.0265. The lowest BCUT2D eigenvalue weighted by atomic mass is 10.5. The Labute approximate surface area is 81.0 Å². The van der Waals surface area contributed by atoms with Crippen LogP contribution in [0.2, 0.25) is 5.15 Å². The second-order valence-electron chi connectivity index (χ2n) is 1.92. The molecule has 8 heteroatoms. The molecule has 72 valence electrons. The van der Waals surface area contributed by atoms with E-state index in [4.69, 9.17) is 16.3 Å². The standard InChI is InChI=1S/C5H6ClN3O3S/c1-12-3-4(6)7-2-8-5(3)9-13(10)11/h2,13H,1H3,(H,7,8,9,10,11). The van der Waals surface area contributed by atoms with Crippen molar-refractivity contribution >= 4 is 28.3 Å². The van der Waals surface area contributed by atoms with E-state index in [0.717, 1.165) is 6.33 Å². The third-order valence-electron chi connectivity index (χ3n) is 1.16. The van der Waals surface area contributed by atoms with Crippen molar-refractivity contribution in [2.45, 2.75) is 0 Å². The number of hydrogen-bond acceptors (Lipinski definition) is 5. The van der Waals surface area contributed by atoms with Gasteiger partial charge in [-0.2, -0.15) is 0 Å². The Morgan fingerprint density at radius 2 is 2.23 bits per heavy atom. The predicted octanol–water partition coefficient (Wildman–Crippen LogP) is 0.0769. The molecule has 0 spiro atoms. The van der Waals surface area contributed by atoms with Crippen molar-refractivity contribution in [3.05, 3.63) is 11.5 Å². The molecule has 1 N–H and O–H groups in total. The van der Waals surface area contributed by atoms with Gasteiger partial charge in [-0.1, -0.05) is 11.6 Å². The van der Waals surface area contributed by atoms with Gasteiger partial charge in [0.2, 0.25) is 10.9 Å². The van der Waals surface area contributed by atoms with Crippen LogP contribution in [0.25, 0.3) is 0 Å². The quantitative estimate of drug-likeness (QED) is 0.560. The van der Waals surface area contributed by atoms with Crippen LogP contribution in [0.15, 0.2) is 6.33 Å². The summed E-state index contributed by atoms with van der Waals surface area (Å²) < 4.78 is 27.5. The molecule has 0 amide bonds. The van der Waals surface area contributed by atoms with E-state index in [1.54, 1.807) is 0 Å². The van der Waals surface area contributed by atoms with Gasteiger partial charge in [-0.05, 0) is 0 Å². The summed E-state index contributed by atoms with van der Waals surface area (Å²) in [6, 6.07) is 0. The highest BCUT2D eigenvalue weighted by molar-refractivity contribution is 7.73. The number of hydrogen-bond donors (Lipinski definition) is 2. The molecule has 0 aliphatic heterocycles. The zero-order valence-electron chi connectivity index (χ0n) is 6.52. The average molecular weight is 224 g/mol. The van der Waals surface area contributed by atoms with Crippen LogP contribution in [0.1, 0.15) is 0 Å². The first-order chi connectivity index (χ1) is 6.15. The minimum Gasteiger partial charge on any atom is -0.490 e. The molecule has 0 atom stereocenters. The van der Waals surface area contributed by atoms with Crippen LogP contribution < -0.4 is 9.46 Å². The van der Waals surface area contributed by atoms with E-state index in [0.29, 0.717) is 0 Å². The van der Waals surface area contributed by atoms with Crippen LogP contribution >= 0.6 is 11.6 Å². The first-order valence-corrected chi connectivity index (χ1v) is 4.66. The maximum atomic E-state index is 10.3. The van der Waals surface area contributed by atoms with Crippen LogP contribution in [-0.2, 0) is 10.9 Å². The van der Waals surface area contributed by atoms with Crippen molar-refractivity contribution in [2.75, 3.05) is 11.8 Å². The van der Waals surface area contributed by atoms with Crippen molar-refractivity contribution in [3.8, 4) is 5.75 Å². The van der Waals surface area contributed by atoms with Gasteiger partial charge in [-0.15, -0.1) is 0 Å². The molecule has 1 heterocycles. The number of anilines is 1. The fourth-order valence-corrected chi connectivity index (χ4v) is 1.24. The highest BCUT2D eigenvalue weighted by Gasteiger charge is 2.09. The van der Waals surface area contributed by atoms with Crippen LogP contribution in [0.4, 0.5) is 5.82 Å². The molecule has 0 radical (unpaired) electrons. The van der Waals surface area contributed by atoms with Crippen LogP contribution in [-0.4, -0.2) is 25.5 Å². The lowest BCUT2D eigenvalue weighted by Gasteiger charge is -2.05. The molecule has 6 nitrogen and oxygen atoms in total. The zero-order chi connectivity index (χ0) is 9.84. The summed E-state index contributed by atoms with van der Waals surface area (Å²) in [5.74, 6) is 0.127. The van der Waals surface area contributed by atoms with E-state index in [1.165, 1.54) is 7.11 Å². The maximum absolute atomic E-state index is 10.3. The fraction of sp³-hybridized carbons (Fsp3) is 0.200. The topological polar surface area (TPSA) is 81.2 Å². The van der Waals surface area contributed by atoms with E-state index in [2.05, 4.69) is 14.7 Å². The fourth-order valence-electron chi connectivity index (χ4n) is 0.699. The van der Waals surface area contributed by atoms with Crippen molar-refractivity contribution in [2.24, 2.45) is 0 Å². The number of ether oxygens (including phenoxy) is 1. The minimum atomic E-state index is -2.79. The summed E-state index contributed by atoms with van der Waals surface area (Å²) in [6.45, 7) is 0. The number of rotatable bonds is 3. The summed E-state index contributed by atoms with van der Waals surface area (Å²) >= 11 is 5.60.